The molecule has 7 nitrogen and oxygen atoms in total. The van der Waals surface area contributed by atoms with Crippen LogP contribution >= 0.6 is 0 Å². The first-order chi connectivity index (χ1) is 13.4. The fourth-order valence-corrected chi connectivity index (χ4v) is 4.60. The van der Waals surface area contributed by atoms with Gasteiger partial charge in [0.15, 0.2) is 0 Å². The van der Waals surface area contributed by atoms with Crippen LogP contribution in [-0.4, -0.2) is 47.9 Å². The maximum atomic E-state index is 12.6. The highest BCUT2D eigenvalue weighted by molar-refractivity contribution is 6.08. The highest BCUT2D eigenvalue weighted by Crippen LogP contribution is 2.48. The summed E-state index contributed by atoms with van der Waals surface area (Å²) in [7, 11) is 0. The normalized spacial score (nSPS) is 29.5. The summed E-state index contributed by atoms with van der Waals surface area (Å²) in [4.78, 5) is 38.6. The molecule has 3 fully saturated rings. The molecule has 3 aliphatic heterocycles. The standard InChI is InChI=1S/C21H27N3O4/c1-11(2)12-3-5-13(6-4-12)14(22)9-23-17(25)10-24-20(26)18-15-7-8-16(28-15)19(18)21(24)27/h3-6,11,14-16,18-19H,7-10,22H2,1-2H3,(H,23,25). The van der Waals surface area contributed by atoms with Gasteiger partial charge in [-0.2, -0.15) is 0 Å². The van der Waals surface area contributed by atoms with Crippen LogP contribution in [0.1, 0.15) is 49.8 Å². The largest absolute Gasteiger partial charge is 0.373 e. The number of nitrogens with one attached hydrogen (secondary N) is 1. The highest BCUT2D eigenvalue weighted by Gasteiger charge is 2.62. The van der Waals surface area contributed by atoms with Crippen LogP contribution in [0.15, 0.2) is 24.3 Å². The first-order valence-electron chi connectivity index (χ1n) is 9.99. The van der Waals surface area contributed by atoms with E-state index in [1.165, 1.54) is 5.56 Å². The SMILES string of the molecule is CC(C)c1ccc(C(N)CNC(=O)CN2C(=O)C3C4CCC(O4)C3C2=O)cc1. The van der Waals surface area contributed by atoms with Gasteiger partial charge in [0, 0.05) is 12.6 Å². The molecular weight excluding hydrogens is 358 g/mol. The number of imide groups is 1. The number of nitrogens with two attached hydrogens (primary N) is 1. The van der Waals surface area contributed by atoms with Crippen molar-refractivity contribution in [1.29, 1.82) is 0 Å². The topological polar surface area (TPSA) is 102 Å². The number of ether oxygens (including phenoxy) is 1. The first kappa shape index (κ1) is 19.1. The van der Waals surface area contributed by atoms with Gasteiger partial charge in [-0.15, -0.1) is 0 Å². The summed E-state index contributed by atoms with van der Waals surface area (Å²) in [5.41, 5.74) is 8.34. The van der Waals surface area contributed by atoms with E-state index in [4.69, 9.17) is 10.5 Å². The molecule has 2 bridgehead atoms. The zero-order chi connectivity index (χ0) is 20.0. The van der Waals surface area contributed by atoms with Crippen molar-refractivity contribution in [2.75, 3.05) is 13.1 Å². The Kier molecular flexibility index (Phi) is 4.97. The minimum absolute atomic E-state index is 0.165. The maximum Gasteiger partial charge on any atom is 0.240 e. The fourth-order valence-electron chi connectivity index (χ4n) is 4.60. The molecule has 0 spiro atoms. The Bertz CT molecular complexity index is 763. The van der Waals surface area contributed by atoms with Crippen LogP contribution in [0.25, 0.3) is 0 Å². The van der Waals surface area contributed by atoms with Gasteiger partial charge in [0.1, 0.15) is 6.54 Å². The molecule has 1 aromatic carbocycles. The molecule has 3 saturated heterocycles. The number of hydrogen-bond acceptors (Lipinski definition) is 5. The Hall–Kier alpha value is -2.25. The van der Waals surface area contributed by atoms with Gasteiger partial charge in [0.25, 0.3) is 0 Å². The van der Waals surface area contributed by atoms with Gasteiger partial charge < -0.3 is 15.8 Å². The smallest absolute Gasteiger partial charge is 0.240 e. The molecular formula is C21H27N3O4. The molecule has 150 valence electrons. The molecule has 3 heterocycles. The molecule has 5 atom stereocenters. The predicted molar refractivity (Wildman–Crippen MR) is 102 cm³/mol. The number of amides is 3. The van der Waals surface area contributed by atoms with Crippen LogP contribution in [0.4, 0.5) is 0 Å². The lowest BCUT2D eigenvalue weighted by atomic mass is 9.81. The lowest BCUT2D eigenvalue weighted by Gasteiger charge is -2.18. The summed E-state index contributed by atoms with van der Waals surface area (Å²) in [5.74, 6) is -1.27. The Morgan fingerprint density at radius 3 is 2.18 bits per heavy atom. The maximum absolute atomic E-state index is 12.6. The monoisotopic (exact) mass is 385 g/mol. The molecule has 3 N–H and O–H groups in total. The van der Waals surface area contributed by atoms with Crippen LogP contribution in [0, 0.1) is 11.8 Å². The van der Waals surface area contributed by atoms with E-state index in [9.17, 15) is 14.4 Å². The van der Waals surface area contributed by atoms with Gasteiger partial charge in [-0.1, -0.05) is 38.1 Å². The third kappa shape index (κ3) is 3.22. The van der Waals surface area contributed by atoms with Crippen molar-refractivity contribution in [3.8, 4) is 0 Å². The fraction of sp³-hybridized carbons (Fsp3) is 0.571. The van der Waals surface area contributed by atoms with E-state index in [0.29, 0.717) is 5.92 Å². The quantitative estimate of drug-likeness (QED) is 0.714. The summed E-state index contributed by atoms with van der Waals surface area (Å²) in [6.07, 6.45) is 1.30. The van der Waals surface area contributed by atoms with Crippen LogP contribution in [0.2, 0.25) is 0 Å². The Labute approximate surface area is 164 Å². The van der Waals surface area contributed by atoms with Crippen molar-refractivity contribution in [2.24, 2.45) is 17.6 Å². The molecule has 7 heteroatoms. The second-order valence-electron chi connectivity index (χ2n) is 8.34. The molecule has 0 saturated carbocycles. The second-order valence-corrected chi connectivity index (χ2v) is 8.34. The van der Waals surface area contributed by atoms with Crippen LogP contribution < -0.4 is 11.1 Å². The van der Waals surface area contributed by atoms with Gasteiger partial charge in [0.05, 0.1) is 24.0 Å². The summed E-state index contributed by atoms with van der Waals surface area (Å²) >= 11 is 0. The van der Waals surface area contributed by atoms with Crippen molar-refractivity contribution in [3.63, 3.8) is 0 Å². The average Bonchev–Trinajstić information content (AvgIpc) is 3.36. The van der Waals surface area contributed by atoms with Gasteiger partial charge in [-0.3, -0.25) is 19.3 Å². The molecule has 28 heavy (non-hydrogen) atoms. The van der Waals surface area contributed by atoms with E-state index in [0.717, 1.165) is 23.3 Å². The summed E-state index contributed by atoms with van der Waals surface area (Å²) in [6.45, 7) is 4.25. The number of carbonyl (C=O) groups excluding carboxylic acids is 3. The van der Waals surface area contributed by atoms with Crippen molar-refractivity contribution in [2.45, 2.75) is 50.9 Å². The van der Waals surface area contributed by atoms with E-state index in [2.05, 4.69) is 19.2 Å². The third-order valence-corrected chi connectivity index (χ3v) is 6.23. The van der Waals surface area contributed by atoms with Gasteiger partial charge in [0.2, 0.25) is 17.7 Å². The zero-order valence-corrected chi connectivity index (χ0v) is 16.3. The predicted octanol–water partition coefficient (Wildman–Crippen LogP) is 1.09. The second kappa shape index (κ2) is 7.29. The molecule has 3 amide bonds. The van der Waals surface area contributed by atoms with Crippen molar-refractivity contribution in [3.05, 3.63) is 35.4 Å². The van der Waals surface area contributed by atoms with Crippen LogP contribution in [0.3, 0.4) is 0 Å². The minimum Gasteiger partial charge on any atom is -0.373 e. The summed E-state index contributed by atoms with van der Waals surface area (Å²) in [6, 6.07) is 7.67. The first-order valence-corrected chi connectivity index (χ1v) is 9.99. The highest BCUT2D eigenvalue weighted by atomic mass is 16.5. The number of rotatable bonds is 6. The Morgan fingerprint density at radius 1 is 1.11 bits per heavy atom. The number of fused-ring (bicyclic) bond motifs is 5. The van der Waals surface area contributed by atoms with Crippen LogP contribution in [-0.2, 0) is 19.1 Å². The summed E-state index contributed by atoms with van der Waals surface area (Å²) < 4.78 is 5.70. The number of nitrogens with zero attached hydrogens (tertiary/aromatic N) is 1. The molecule has 0 radical (unpaired) electrons. The molecule has 0 aliphatic carbocycles. The lowest BCUT2D eigenvalue weighted by molar-refractivity contribution is -0.146. The van der Waals surface area contributed by atoms with E-state index in [-0.39, 0.29) is 49.1 Å². The number of benzene rings is 1. The van der Waals surface area contributed by atoms with E-state index in [1.807, 2.05) is 24.3 Å². The Balaban J connectivity index is 1.31. The minimum atomic E-state index is -0.402. The zero-order valence-electron chi connectivity index (χ0n) is 16.3. The van der Waals surface area contributed by atoms with Gasteiger partial charge in [-0.25, -0.2) is 0 Å². The molecule has 4 rings (SSSR count). The molecule has 1 aromatic rings. The Morgan fingerprint density at radius 2 is 1.64 bits per heavy atom. The number of hydrogen-bond donors (Lipinski definition) is 2. The van der Waals surface area contributed by atoms with Gasteiger partial charge >= 0.3 is 0 Å². The van der Waals surface area contributed by atoms with E-state index >= 15 is 0 Å². The van der Waals surface area contributed by atoms with Gasteiger partial charge in [-0.05, 0) is 29.9 Å². The number of carbonyl (C=O) groups is 3. The molecule has 5 unspecified atom stereocenters. The number of likely N-dealkylation sites (tertiary alicyclic amines) is 1. The van der Waals surface area contributed by atoms with E-state index in [1.54, 1.807) is 0 Å². The third-order valence-electron chi connectivity index (χ3n) is 6.23. The summed E-state index contributed by atoms with van der Waals surface area (Å²) in [5, 5.41) is 2.75. The van der Waals surface area contributed by atoms with Crippen molar-refractivity contribution >= 4 is 17.7 Å². The van der Waals surface area contributed by atoms with Crippen LogP contribution in [0.5, 0.6) is 0 Å². The molecule has 0 aromatic heterocycles. The van der Waals surface area contributed by atoms with E-state index < -0.39 is 11.8 Å². The average molecular weight is 385 g/mol. The lowest BCUT2D eigenvalue weighted by Crippen LogP contribution is -2.43. The van der Waals surface area contributed by atoms with Crippen molar-refractivity contribution < 1.29 is 19.1 Å². The molecule has 3 aliphatic rings. The van der Waals surface area contributed by atoms with Crippen molar-refractivity contribution in [1.82, 2.24) is 10.2 Å².